The highest BCUT2D eigenvalue weighted by Gasteiger charge is 2.23. The van der Waals surface area contributed by atoms with Crippen LogP contribution < -0.4 is 15.5 Å². The van der Waals surface area contributed by atoms with E-state index in [2.05, 4.69) is 58.9 Å². The summed E-state index contributed by atoms with van der Waals surface area (Å²) in [5.74, 6) is 0.887. The number of carbonyl (C=O) groups is 1. The van der Waals surface area contributed by atoms with Crippen LogP contribution in [0.4, 0.5) is 5.69 Å². The van der Waals surface area contributed by atoms with E-state index in [1.807, 2.05) is 18.2 Å². The summed E-state index contributed by atoms with van der Waals surface area (Å²) >= 11 is 0. The number of aliphatic imine (C=N–C) groups is 1. The number of nitrogens with zero attached hydrogens (tertiary/aromatic N) is 3. The van der Waals surface area contributed by atoms with Crippen molar-refractivity contribution in [1.82, 2.24) is 15.5 Å². The molecular formula is C24H34IN5O. The van der Waals surface area contributed by atoms with Gasteiger partial charge in [0, 0.05) is 57.6 Å². The minimum Gasteiger partial charge on any atom is -0.369 e. The van der Waals surface area contributed by atoms with Gasteiger partial charge in [-0.05, 0) is 49.6 Å². The molecule has 0 saturated carbocycles. The highest BCUT2D eigenvalue weighted by Crippen LogP contribution is 2.19. The molecular weight excluding hydrogens is 501 g/mol. The fourth-order valence-electron chi connectivity index (χ4n) is 3.68. The van der Waals surface area contributed by atoms with Crippen molar-refractivity contribution in [2.75, 3.05) is 45.2 Å². The number of carbonyl (C=O) groups excluding carboxylic acids is 1. The molecule has 6 nitrogen and oxygen atoms in total. The van der Waals surface area contributed by atoms with Gasteiger partial charge >= 0.3 is 0 Å². The van der Waals surface area contributed by atoms with Crippen LogP contribution in [0.3, 0.4) is 0 Å². The van der Waals surface area contributed by atoms with Crippen molar-refractivity contribution in [2.24, 2.45) is 4.99 Å². The molecule has 2 aromatic carbocycles. The van der Waals surface area contributed by atoms with Crippen molar-refractivity contribution in [3.63, 3.8) is 0 Å². The Morgan fingerprint density at radius 1 is 1.16 bits per heavy atom. The van der Waals surface area contributed by atoms with Gasteiger partial charge in [0.15, 0.2) is 5.96 Å². The second-order valence-electron chi connectivity index (χ2n) is 7.82. The number of anilines is 1. The molecule has 0 bridgehead atoms. The van der Waals surface area contributed by atoms with Crippen LogP contribution in [0.25, 0.3) is 0 Å². The Hall–Kier alpha value is -2.29. The molecule has 1 aliphatic heterocycles. The van der Waals surface area contributed by atoms with Gasteiger partial charge in [0.05, 0.1) is 0 Å². The summed E-state index contributed by atoms with van der Waals surface area (Å²) in [5.41, 5.74) is 3.12. The minimum absolute atomic E-state index is 0. The highest BCUT2D eigenvalue weighted by atomic mass is 127. The molecule has 0 spiro atoms. The summed E-state index contributed by atoms with van der Waals surface area (Å²) in [6, 6.07) is 18.7. The molecule has 1 aliphatic rings. The van der Waals surface area contributed by atoms with E-state index < -0.39 is 0 Å². The van der Waals surface area contributed by atoms with Gasteiger partial charge in [-0.25, -0.2) is 0 Å². The van der Waals surface area contributed by atoms with Gasteiger partial charge in [0.2, 0.25) is 0 Å². The quantitative estimate of drug-likeness (QED) is 0.325. The third-order valence-corrected chi connectivity index (χ3v) is 5.25. The number of hydrogen-bond acceptors (Lipinski definition) is 3. The van der Waals surface area contributed by atoms with E-state index in [1.165, 1.54) is 5.69 Å². The summed E-state index contributed by atoms with van der Waals surface area (Å²) in [6.45, 7) is 5.60. The highest BCUT2D eigenvalue weighted by molar-refractivity contribution is 14.0. The van der Waals surface area contributed by atoms with Crippen LogP contribution in [0, 0.1) is 0 Å². The van der Waals surface area contributed by atoms with Crippen LogP contribution in [0.2, 0.25) is 0 Å². The first-order valence-corrected chi connectivity index (χ1v) is 10.7. The van der Waals surface area contributed by atoms with Crippen LogP contribution in [0.1, 0.15) is 29.3 Å². The molecule has 1 fully saturated rings. The maximum atomic E-state index is 12.2. The Kier molecular flexibility index (Phi) is 10.1. The zero-order valence-corrected chi connectivity index (χ0v) is 21.0. The van der Waals surface area contributed by atoms with E-state index in [4.69, 9.17) is 4.99 Å². The predicted octanol–water partition coefficient (Wildman–Crippen LogP) is 3.38. The van der Waals surface area contributed by atoms with Gasteiger partial charge in [0.1, 0.15) is 0 Å². The van der Waals surface area contributed by atoms with Gasteiger partial charge in [0.25, 0.3) is 5.91 Å². The standard InChI is InChI=1S/C24H33N5O.HI/c1-4-25-24(27-21-14-16-29(18-21)22-11-6-5-7-12-22)26-15-13-19-9-8-10-20(17-19)23(30)28(2)3;/h5-12,17,21H,4,13-16,18H2,1-3H3,(H2,25,26,27);1H. The van der Waals surface area contributed by atoms with Gasteiger partial charge in [-0.1, -0.05) is 30.3 Å². The molecule has 7 heteroatoms. The number of rotatable bonds is 7. The number of benzene rings is 2. The Balaban J connectivity index is 0.00000341. The largest absolute Gasteiger partial charge is 0.369 e. The van der Waals surface area contributed by atoms with Gasteiger partial charge in [-0.2, -0.15) is 0 Å². The molecule has 2 aromatic rings. The first-order chi connectivity index (χ1) is 14.6. The fourth-order valence-corrected chi connectivity index (χ4v) is 3.68. The summed E-state index contributed by atoms with van der Waals surface area (Å²) in [7, 11) is 3.55. The summed E-state index contributed by atoms with van der Waals surface area (Å²) in [5, 5.41) is 6.94. The van der Waals surface area contributed by atoms with Crippen LogP contribution in [0.15, 0.2) is 59.6 Å². The van der Waals surface area contributed by atoms with Gasteiger partial charge in [-0.15, -0.1) is 24.0 Å². The third kappa shape index (κ3) is 7.41. The molecule has 0 aromatic heterocycles. The summed E-state index contributed by atoms with van der Waals surface area (Å²) in [4.78, 5) is 20.9. The monoisotopic (exact) mass is 535 g/mol. The second-order valence-corrected chi connectivity index (χ2v) is 7.82. The van der Waals surface area contributed by atoms with E-state index >= 15 is 0 Å². The van der Waals surface area contributed by atoms with E-state index in [0.717, 1.165) is 49.6 Å². The summed E-state index contributed by atoms with van der Waals surface area (Å²) in [6.07, 6.45) is 1.89. The number of nitrogens with one attached hydrogen (secondary N) is 2. The lowest BCUT2D eigenvalue weighted by Gasteiger charge is -2.20. The predicted molar refractivity (Wildman–Crippen MR) is 140 cm³/mol. The topological polar surface area (TPSA) is 60.0 Å². The fraction of sp³-hybridized carbons (Fsp3) is 0.417. The lowest BCUT2D eigenvalue weighted by atomic mass is 10.1. The molecule has 2 N–H and O–H groups in total. The van der Waals surface area contributed by atoms with Gasteiger partial charge < -0.3 is 20.4 Å². The van der Waals surface area contributed by atoms with E-state index in [1.54, 1.807) is 19.0 Å². The van der Waals surface area contributed by atoms with E-state index in [0.29, 0.717) is 12.6 Å². The molecule has 168 valence electrons. The zero-order chi connectivity index (χ0) is 21.3. The molecule has 0 aliphatic carbocycles. The number of halogens is 1. The molecule has 1 unspecified atom stereocenters. The normalized spacial score (nSPS) is 15.9. The molecule has 31 heavy (non-hydrogen) atoms. The number of guanidine groups is 1. The lowest BCUT2D eigenvalue weighted by molar-refractivity contribution is 0.0827. The van der Waals surface area contributed by atoms with Crippen molar-refractivity contribution in [2.45, 2.75) is 25.8 Å². The Labute approximate surface area is 203 Å². The molecule has 1 atom stereocenters. The van der Waals surface area contributed by atoms with Crippen LogP contribution in [-0.4, -0.2) is 63.1 Å². The van der Waals surface area contributed by atoms with Crippen LogP contribution >= 0.6 is 24.0 Å². The smallest absolute Gasteiger partial charge is 0.253 e. The number of hydrogen-bond donors (Lipinski definition) is 2. The van der Waals surface area contributed by atoms with Crippen molar-refractivity contribution < 1.29 is 4.79 Å². The lowest BCUT2D eigenvalue weighted by Crippen LogP contribution is -2.44. The van der Waals surface area contributed by atoms with E-state index in [9.17, 15) is 4.79 Å². The molecule has 1 amide bonds. The van der Waals surface area contributed by atoms with Crippen molar-refractivity contribution in [3.05, 3.63) is 65.7 Å². The maximum absolute atomic E-state index is 12.2. The number of amides is 1. The van der Waals surface area contributed by atoms with Gasteiger partial charge in [-0.3, -0.25) is 9.79 Å². The van der Waals surface area contributed by atoms with Crippen molar-refractivity contribution in [1.29, 1.82) is 0 Å². The molecule has 1 saturated heterocycles. The Bertz CT molecular complexity index is 856. The SMILES string of the molecule is CCNC(=NCCc1cccc(C(=O)N(C)C)c1)NC1CCN(c2ccccc2)C1.I. The summed E-state index contributed by atoms with van der Waals surface area (Å²) < 4.78 is 0. The number of para-hydroxylation sites is 1. The third-order valence-electron chi connectivity index (χ3n) is 5.25. The Morgan fingerprint density at radius 2 is 1.94 bits per heavy atom. The maximum Gasteiger partial charge on any atom is 0.253 e. The van der Waals surface area contributed by atoms with Crippen molar-refractivity contribution >= 4 is 41.5 Å². The zero-order valence-electron chi connectivity index (χ0n) is 18.7. The average molecular weight is 535 g/mol. The molecule has 0 radical (unpaired) electrons. The van der Waals surface area contributed by atoms with Crippen LogP contribution in [0.5, 0.6) is 0 Å². The average Bonchev–Trinajstić information content (AvgIpc) is 3.22. The first-order valence-electron chi connectivity index (χ1n) is 10.7. The van der Waals surface area contributed by atoms with E-state index in [-0.39, 0.29) is 29.9 Å². The minimum atomic E-state index is 0. The molecule has 1 heterocycles. The first kappa shape index (κ1) is 25.0. The molecule has 3 rings (SSSR count). The van der Waals surface area contributed by atoms with Crippen LogP contribution in [-0.2, 0) is 6.42 Å². The second kappa shape index (κ2) is 12.5. The van der Waals surface area contributed by atoms with Crippen molar-refractivity contribution in [3.8, 4) is 0 Å². The Morgan fingerprint density at radius 3 is 2.65 bits per heavy atom.